The van der Waals surface area contributed by atoms with Gasteiger partial charge in [-0.05, 0) is 48.8 Å². The molecule has 2 saturated carbocycles. The lowest BCUT2D eigenvalue weighted by Crippen LogP contribution is -2.14. The predicted octanol–water partition coefficient (Wildman–Crippen LogP) is 3.00. The van der Waals surface area contributed by atoms with Crippen molar-refractivity contribution in [3.8, 4) is 0 Å². The number of hydrogen-bond donors (Lipinski definition) is 1. The molecule has 0 bridgehead atoms. The maximum absolute atomic E-state index is 9.32. The van der Waals surface area contributed by atoms with Crippen LogP contribution in [0.5, 0.6) is 0 Å². The topological polar surface area (TPSA) is 20.2 Å². The van der Waals surface area contributed by atoms with Gasteiger partial charge < -0.3 is 5.11 Å². The molecule has 0 aliphatic heterocycles. The largest absolute Gasteiger partial charge is 0.396 e. The Morgan fingerprint density at radius 3 is 2.73 bits per heavy atom. The molecule has 0 amide bonds. The third-order valence-corrected chi connectivity index (χ3v) is 4.28. The first-order valence-corrected chi connectivity index (χ1v) is 6.02. The van der Waals surface area contributed by atoms with Gasteiger partial charge in [0, 0.05) is 17.0 Å². The number of rotatable bonds is 3. The summed E-state index contributed by atoms with van der Waals surface area (Å²) in [5, 5.41) is 10.1. The molecule has 2 aliphatic carbocycles. The lowest BCUT2D eigenvalue weighted by Gasteiger charge is -2.17. The average Bonchev–Trinajstić information content (AvgIpc) is 3.11. The number of aliphatic hydroxyl groups excluding tert-OH is 1. The molecule has 1 N–H and O–H groups in total. The maximum atomic E-state index is 9.32. The molecule has 2 heteroatoms. The van der Waals surface area contributed by atoms with Crippen LogP contribution in [-0.2, 0) is 5.41 Å². The molecule has 0 heterocycles. The number of hydrogen-bond acceptors (Lipinski definition) is 1. The van der Waals surface area contributed by atoms with Crippen LogP contribution in [0.3, 0.4) is 0 Å². The Hall–Kier alpha value is -0.530. The first-order chi connectivity index (χ1) is 7.27. The first-order valence-electron chi connectivity index (χ1n) is 5.64. The Balaban J connectivity index is 1.97. The quantitative estimate of drug-likeness (QED) is 0.834. The van der Waals surface area contributed by atoms with Gasteiger partial charge in [0.05, 0.1) is 0 Å². The van der Waals surface area contributed by atoms with Crippen molar-refractivity contribution >= 4 is 11.6 Å². The van der Waals surface area contributed by atoms with Gasteiger partial charge in [-0.1, -0.05) is 23.7 Å². The van der Waals surface area contributed by atoms with Crippen molar-refractivity contribution in [2.24, 2.45) is 11.8 Å². The van der Waals surface area contributed by atoms with Crippen LogP contribution in [-0.4, -0.2) is 11.7 Å². The number of aliphatic hydroxyl groups is 1. The summed E-state index contributed by atoms with van der Waals surface area (Å²) < 4.78 is 0. The molecule has 15 heavy (non-hydrogen) atoms. The lowest BCUT2D eigenvalue weighted by atomic mass is 9.88. The van der Waals surface area contributed by atoms with E-state index in [-0.39, 0.29) is 5.41 Å². The lowest BCUT2D eigenvalue weighted by molar-refractivity contribution is 0.259. The van der Waals surface area contributed by atoms with Gasteiger partial charge in [0.25, 0.3) is 0 Å². The Kier molecular flexibility index (Phi) is 2.08. The molecule has 0 aromatic heterocycles. The van der Waals surface area contributed by atoms with E-state index < -0.39 is 0 Å². The van der Waals surface area contributed by atoms with E-state index in [9.17, 15) is 5.11 Å². The van der Waals surface area contributed by atoms with Crippen LogP contribution in [0.1, 0.15) is 24.8 Å². The predicted molar refractivity (Wildman–Crippen MR) is 61.0 cm³/mol. The number of halogens is 1. The SMILES string of the molecule is OCC1CC1(c1cccc(Cl)c1)C1CC1. The van der Waals surface area contributed by atoms with Crippen molar-refractivity contribution < 1.29 is 5.11 Å². The highest BCUT2D eigenvalue weighted by Gasteiger charge is 2.62. The van der Waals surface area contributed by atoms with Crippen molar-refractivity contribution in [2.45, 2.75) is 24.7 Å². The summed E-state index contributed by atoms with van der Waals surface area (Å²) in [6.07, 6.45) is 3.79. The van der Waals surface area contributed by atoms with E-state index in [1.165, 1.54) is 18.4 Å². The molecular weight excluding hydrogens is 208 g/mol. The second-order valence-electron chi connectivity index (χ2n) is 4.91. The van der Waals surface area contributed by atoms with Crippen molar-refractivity contribution in [3.05, 3.63) is 34.9 Å². The number of benzene rings is 1. The Morgan fingerprint density at radius 2 is 2.20 bits per heavy atom. The molecule has 2 aliphatic rings. The second kappa shape index (κ2) is 3.23. The first kappa shape index (κ1) is 9.68. The van der Waals surface area contributed by atoms with Crippen LogP contribution < -0.4 is 0 Å². The van der Waals surface area contributed by atoms with Gasteiger partial charge in [-0.25, -0.2) is 0 Å². The minimum atomic E-state index is 0.277. The zero-order chi connectivity index (χ0) is 10.5. The summed E-state index contributed by atoms with van der Waals surface area (Å²) in [5.74, 6) is 1.27. The van der Waals surface area contributed by atoms with Gasteiger partial charge in [-0.15, -0.1) is 0 Å². The molecule has 0 spiro atoms. The molecule has 0 radical (unpaired) electrons. The summed E-state index contributed by atoms with van der Waals surface area (Å²) in [6, 6.07) is 8.19. The fourth-order valence-corrected chi connectivity index (χ4v) is 3.23. The Morgan fingerprint density at radius 1 is 1.40 bits per heavy atom. The van der Waals surface area contributed by atoms with Crippen LogP contribution in [0.2, 0.25) is 5.02 Å². The van der Waals surface area contributed by atoms with Crippen LogP contribution in [0.4, 0.5) is 0 Å². The molecule has 1 aromatic carbocycles. The van der Waals surface area contributed by atoms with Gasteiger partial charge in [0.1, 0.15) is 0 Å². The highest BCUT2D eigenvalue weighted by atomic mass is 35.5. The summed E-state index contributed by atoms with van der Waals surface area (Å²) in [5.41, 5.74) is 1.62. The molecule has 0 saturated heterocycles. The van der Waals surface area contributed by atoms with E-state index in [1.54, 1.807) is 0 Å². The highest BCUT2D eigenvalue weighted by molar-refractivity contribution is 6.30. The minimum Gasteiger partial charge on any atom is -0.396 e. The van der Waals surface area contributed by atoms with Crippen LogP contribution in [0.15, 0.2) is 24.3 Å². The van der Waals surface area contributed by atoms with Gasteiger partial charge in [0.2, 0.25) is 0 Å². The standard InChI is InChI=1S/C13H15ClO/c14-12-3-1-2-10(6-12)13(9-4-5-9)7-11(13)8-15/h1-3,6,9,11,15H,4-5,7-8H2. The monoisotopic (exact) mass is 222 g/mol. The van der Waals surface area contributed by atoms with Crippen molar-refractivity contribution in [1.82, 2.24) is 0 Å². The van der Waals surface area contributed by atoms with Crippen molar-refractivity contribution in [1.29, 1.82) is 0 Å². The van der Waals surface area contributed by atoms with E-state index in [0.29, 0.717) is 12.5 Å². The van der Waals surface area contributed by atoms with Crippen LogP contribution in [0, 0.1) is 11.8 Å². The van der Waals surface area contributed by atoms with E-state index in [2.05, 4.69) is 12.1 Å². The molecule has 2 unspecified atom stereocenters. The maximum Gasteiger partial charge on any atom is 0.0468 e. The molecular formula is C13H15ClO. The summed E-state index contributed by atoms with van der Waals surface area (Å²) in [6.45, 7) is 0.322. The Labute approximate surface area is 95.1 Å². The smallest absolute Gasteiger partial charge is 0.0468 e. The van der Waals surface area contributed by atoms with Crippen molar-refractivity contribution in [2.75, 3.05) is 6.61 Å². The zero-order valence-corrected chi connectivity index (χ0v) is 9.37. The molecule has 2 atom stereocenters. The minimum absolute atomic E-state index is 0.277. The van der Waals surface area contributed by atoms with Crippen LogP contribution >= 0.6 is 11.6 Å². The molecule has 3 rings (SSSR count). The fourth-order valence-electron chi connectivity index (χ4n) is 3.04. The molecule has 1 nitrogen and oxygen atoms in total. The zero-order valence-electron chi connectivity index (χ0n) is 8.62. The summed E-state index contributed by atoms with van der Waals surface area (Å²) >= 11 is 6.03. The van der Waals surface area contributed by atoms with E-state index in [1.807, 2.05) is 12.1 Å². The van der Waals surface area contributed by atoms with E-state index in [4.69, 9.17) is 11.6 Å². The normalized spacial score (nSPS) is 34.1. The van der Waals surface area contributed by atoms with E-state index in [0.717, 1.165) is 17.4 Å². The molecule has 2 fully saturated rings. The van der Waals surface area contributed by atoms with Crippen LogP contribution in [0.25, 0.3) is 0 Å². The van der Waals surface area contributed by atoms with Gasteiger partial charge in [0.15, 0.2) is 0 Å². The molecule has 80 valence electrons. The van der Waals surface area contributed by atoms with Gasteiger partial charge in [-0.3, -0.25) is 0 Å². The van der Waals surface area contributed by atoms with Crippen molar-refractivity contribution in [3.63, 3.8) is 0 Å². The van der Waals surface area contributed by atoms with Gasteiger partial charge >= 0.3 is 0 Å². The summed E-state index contributed by atoms with van der Waals surface area (Å²) in [7, 11) is 0. The summed E-state index contributed by atoms with van der Waals surface area (Å²) in [4.78, 5) is 0. The molecule has 1 aromatic rings. The van der Waals surface area contributed by atoms with E-state index >= 15 is 0 Å². The third kappa shape index (κ3) is 1.41. The average molecular weight is 223 g/mol. The Bertz CT molecular complexity index is 386. The third-order valence-electron chi connectivity index (χ3n) is 4.04. The van der Waals surface area contributed by atoms with Gasteiger partial charge in [-0.2, -0.15) is 0 Å². The second-order valence-corrected chi connectivity index (χ2v) is 5.35. The fraction of sp³-hybridized carbons (Fsp3) is 0.538. The highest BCUT2D eigenvalue weighted by Crippen LogP contribution is 2.66.